The van der Waals surface area contributed by atoms with Crippen LogP contribution >= 0.6 is 15.9 Å². The monoisotopic (exact) mass is 337 g/mol. The van der Waals surface area contributed by atoms with E-state index in [1.54, 1.807) is 14.2 Å². The van der Waals surface area contributed by atoms with E-state index in [9.17, 15) is 0 Å². The second kappa shape index (κ2) is 6.09. The molecular formula is C14H16BrN3O2. The van der Waals surface area contributed by atoms with Crippen molar-refractivity contribution in [3.8, 4) is 22.9 Å². The third-order valence-electron chi connectivity index (χ3n) is 2.90. The van der Waals surface area contributed by atoms with Gasteiger partial charge in [0.2, 0.25) is 0 Å². The minimum Gasteiger partial charge on any atom is -0.493 e. The quantitative estimate of drug-likeness (QED) is 0.927. The third kappa shape index (κ3) is 2.70. The van der Waals surface area contributed by atoms with Crippen LogP contribution in [0.5, 0.6) is 11.5 Å². The molecule has 0 bridgehead atoms. The number of benzene rings is 1. The molecule has 0 fully saturated rings. The lowest BCUT2D eigenvalue weighted by atomic mass is 10.2. The molecule has 0 unspecified atom stereocenters. The lowest BCUT2D eigenvalue weighted by Crippen LogP contribution is -2.01. The van der Waals surface area contributed by atoms with E-state index in [2.05, 4.69) is 31.2 Å². The zero-order valence-electron chi connectivity index (χ0n) is 11.8. The number of anilines is 1. The highest BCUT2D eigenvalue weighted by atomic mass is 79.9. The zero-order chi connectivity index (χ0) is 14.7. The SMILES string of the molecule is CNc1nc(-c2ccc(OC)c(OC)c2)nc(C)c1Br. The predicted molar refractivity (Wildman–Crippen MR) is 82.6 cm³/mol. The number of ether oxygens (including phenoxy) is 2. The van der Waals surface area contributed by atoms with E-state index in [1.165, 1.54) is 0 Å². The van der Waals surface area contributed by atoms with Gasteiger partial charge in [0.1, 0.15) is 5.82 Å². The number of aryl methyl sites for hydroxylation is 1. The summed E-state index contributed by atoms with van der Waals surface area (Å²) in [4.78, 5) is 8.98. The van der Waals surface area contributed by atoms with Crippen LogP contribution in [0.25, 0.3) is 11.4 Å². The number of nitrogens with zero attached hydrogens (tertiary/aromatic N) is 2. The smallest absolute Gasteiger partial charge is 0.161 e. The zero-order valence-corrected chi connectivity index (χ0v) is 13.4. The Balaban J connectivity index is 2.54. The molecule has 2 aromatic rings. The summed E-state index contributed by atoms with van der Waals surface area (Å²) in [6.45, 7) is 1.93. The fraction of sp³-hybridized carbons (Fsp3) is 0.286. The molecule has 0 saturated heterocycles. The van der Waals surface area contributed by atoms with Gasteiger partial charge in [-0.1, -0.05) is 0 Å². The number of hydrogen-bond donors (Lipinski definition) is 1. The minimum atomic E-state index is 0.635. The average Bonchev–Trinajstić information content (AvgIpc) is 2.49. The first-order chi connectivity index (χ1) is 9.60. The van der Waals surface area contributed by atoms with Gasteiger partial charge in [-0.3, -0.25) is 0 Å². The molecule has 0 aliphatic rings. The lowest BCUT2D eigenvalue weighted by molar-refractivity contribution is 0.355. The van der Waals surface area contributed by atoms with Crippen LogP contribution in [0.3, 0.4) is 0 Å². The molecule has 0 amide bonds. The second-order valence-corrected chi connectivity index (χ2v) is 4.91. The van der Waals surface area contributed by atoms with Crippen molar-refractivity contribution in [3.63, 3.8) is 0 Å². The van der Waals surface area contributed by atoms with Gasteiger partial charge in [0.15, 0.2) is 17.3 Å². The van der Waals surface area contributed by atoms with Crippen LogP contribution in [0.15, 0.2) is 22.7 Å². The van der Waals surface area contributed by atoms with E-state index in [1.807, 2.05) is 32.2 Å². The molecule has 0 spiro atoms. The first-order valence-electron chi connectivity index (χ1n) is 6.05. The topological polar surface area (TPSA) is 56.3 Å². The molecular weight excluding hydrogens is 322 g/mol. The van der Waals surface area contributed by atoms with Crippen LogP contribution in [-0.2, 0) is 0 Å². The standard InChI is InChI=1S/C14H16BrN3O2/c1-8-12(15)14(16-2)18-13(17-8)9-5-6-10(19-3)11(7-9)20-4/h5-7H,1-4H3,(H,16,17,18). The molecule has 2 rings (SSSR count). The first kappa shape index (κ1) is 14.6. The van der Waals surface area contributed by atoms with Gasteiger partial charge in [-0.05, 0) is 41.1 Å². The maximum absolute atomic E-state index is 5.30. The van der Waals surface area contributed by atoms with Crippen LogP contribution in [-0.4, -0.2) is 31.2 Å². The van der Waals surface area contributed by atoms with Crippen molar-refractivity contribution in [2.75, 3.05) is 26.6 Å². The van der Waals surface area contributed by atoms with Gasteiger partial charge in [-0.15, -0.1) is 0 Å². The van der Waals surface area contributed by atoms with Gasteiger partial charge in [0, 0.05) is 12.6 Å². The van der Waals surface area contributed by atoms with Gasteiger partial charge < -0.3 is 14.8 Å². The van der Waals surface area contributed by atoms with Crippen molar-refractivity contribution in [1.29, 1.82) is 0 Å². The molecule has 0 radical (unpaired) electrons. The third-order valence-corrected chi connectivity index (χ3v) is 3.84. The number of hydrogen-bond acceptors (Lipinski definition) is 5. The van der Waals surface area contributed by atoms with Gasteiger partial charge in [-0.2, -0.15) is 0 Å². The van der Waals surface area contributed by atoms with E-state index in [0.29, 0.717) is 17.3 Å². The number of methoxy groups -OCH3 is 2. The summed E-state index contributed by atoms with van der Waals surface area (Å²) >= 11 is 3.47. The van der Waals surface area contributed by atoms with E-state index in [0.717, 1.165) is 21.5 Å². The normalized spacial score (nSPS) is 10.2. The lowest BCUT2D eigenvalue weighted by Gasteiger charge is -2.11. The van der Waals surface area contributed by atoms with E-state index < -0.39 is 0 Å². The molecule has 6 heteroatoms. The fourth-order valence-electron chi connectivity index (χ4n) is 1.83. The Bertz CT molecular complexity index is 632. The summed E-state index contributed by atoms with van der Waals surface area (Å²) in [5, 5.41) is 3.04. The van der Waals surface area contributed by atoms with Crippen molar-refractivity contribution >= 4 is 21.7 Å². The molecule has 1 N–H and O–H groups in total. The number of halogens is 1. The van der Waals surface area contributed by atoms with Crippen molar-refractivity contribution in [3.05, 3.63) is 28.4 Å². The molecule has 0 aliphatic heterocycles. The predicted octanol–water partition coefficient (Wildman–Crippen LogP) is 3.27. The van der Waals surface area contributed by atoms with Crippen LogP contribution in [0, 0.1) is 6.92 Å². The molecule has 20 heavy (non-hydrogen) atoms. The molecule has 106 valence electrons. The maximum Gasteiger partial charge on any atom is 0.161 e. The van der Waals surface area contributed by atoms with Crippen molar-refractivity contribution < 1.29 is 9.47 Å². The van der Waals surface area contributed by atoms with Crippen LogP contribution < -0.4 is 14.8 Å². The summed E-state index contributed by atoms with van der Waals surface area (Å²) in [5.74, 6) is 2.72. The van der Waals surface area contributed by atoms with Crippen LogP contribution in [0.2, 0.25) is 0 Å². The highest BCUT2D eigenvalue weighted by Gasteiger charge is 2.12. The highest BCUT2D eigenvalue weighted by Crippen LogP contribution is 2.32. The minimum absolute atomic E-state index is 0.635. The summed E-state index contributed by atoms with van der Waals surface area (Å²) in [5.41, 5.74) is 1.74. The first-order valence-corrected chi connectivity index (χ1v) is 6.84. The Morgan fingerprint density at radius 1 is 1.10 bits per heavy atom. The average molecular weight is 338 g/mol. The molecule has 1 aromatic heterocycles. The summed E-state index contributed by atoms with van der Waals surface area (Å²) in [7, 11) is 5.04. The maximum atomic E-state index is 5.30. The molecule has 1 heterocycles. The Morgan fingerprint density at radius 2 is 1.80 bits per heavy atom. The van der Waals surface area contributed by atoms with Crippen molar-refractivity contribution in [2.45, 2.75) is 6.92 Å². The number of nitrogens with one attached hydrogen (secondary N) is 1. The summed E-state index contributed by atoms with van der Waals surface area (Å²) in [6, 6.07) is 5.61. The van der Waals surface area contributed by atoms with Gasteiger partial charge in [0.25, 0.3) is 0 Å². The van der Waals surface area contributed by atoms with Gasteiger partial charge >= 0.3 is 0 Å². The Morgan fingerprint density at radius 3 is 2.40 bits per heavy atom. The van der Waals surface area contributed by atoms with Gasteiger partial charge in [-0.25, -0.2) is 9.97 Å². The highest BCUT2D eigenvalue weighted by molar-refractivity contribution is 9.10. The Hall–Kier alpha value is -1.82. The number of aromatic nitrogens is 2. The molecule has 0 atom stereocenters. The fourth-order valence-corrected chi connectivity index (χ4v) is 2.20. The largest absolute Gasteiger partial charge is 0.493 e. The molecule has 0 saturated carbocycles. The van der Waals surface area contributed by atoms with Crippen molar-refractivity contribution in [2.24, 2.45) is 0 Å². The van der Waals surface area contributed by atoms with Crippen LogP contribution in [0.4, 0.5) is 5.82 Å². The van der Waals surface area contributed by atoms with E-state index in [4.69, 9.17) is 9.47 Å². The molecule has 1 aromatic carbocycles. The molecule has 0 aliphatic carbocycles. The Labute approximate surface area is 126 Å². The summed E-state index contributed by atoms with van der Waals surface area (Å²) < 4.78 is 11.4. The number of rotatable bonds is 4. The Kier molecular flexibility index (Phi) is 4.44. The molecule has 5 nitrogen and oxygen atoms in total. The van der Waals surface area contributed by atoms with E-state index >= 15 is 0 Å². The van der Waals surface area contributed by atoms with Gasteiger partial charge in [0.05, 0.1) is 24.4 Å². The van der Waals surface area contributed by atoms with Crippen LogP contribution in [0.1, 0.15) is 5.69 Å². The second-order valence-electron chi connectivity index (χ2n) is 4.11. The van der Waals surface area contributed by atoms with E-state index in [-0.39, 0.29) is 0 Å². The summed E-state index contributed by atoms with van der Waals surface area (Å²) in [6.07, 6.45) is 0. The van der Waals surface area contributed by atoms with Crippen molar-refractivity contribution in [1.82, 2.24) is 9.97 Å².